The van der Waals surface area contributed by atoms with Crippen LogP contribution in [0.4, 0.5) is 0 Å². The summed E-state index contributed by atoms with van der Waals surface area (Å²) in [5.74, 6) is 0.211. The van der Waals surface area contributed by atoms with Crippen molar-refractivity contribution >= 4 is 29.0 Å². The number of rotatable bonds is 4. The lowest BCUT2D eigenvalue weighted by Crippen LogP contribution is -2.23. The number of aromatic nitrogens is 4. The monoisotopic (exact) mass is 255 g/mol. The molecule has 0 aliphatic carbocycles. The average molecular weight is 255 g/mol. The zero-order valence-electron chi connectivity index (χ0n) is 8.45. The van der Waals surface area contributed by atoms with Crippen LogP contribution in [0.3, 0.4) is 0 Å². The van der Waals surface area contributed by atoms with Crippen LogP contribution >= 0.6 is 23.1 Å². The number of thioether (sulfide) groups is 1. The maximum atomic E-state index is 11.5. The number of amides is 1. The van der Waals surface area contributed by atoms with Gasteiger partial charge in [-0.15, -0.1) is 21.5 Å². The maximum absolute atomic E-state index is 11.5. The van der Waals surface area contributed by atoms with Gasteiger partial charge in [-0.1, -0.05) is 11.8 Å². The van der Waals surface area contributed by atoms with Crippen molar-refractivity contribution in [3.63, 3.8) is 0 Å². The minimum atomic E-state index is -0.113. The molecule has 0 spiro atoms. The maximum Gasteiger partial charge on any atom is 0.249 e. The molecule has 1 amide bonds. The number of nitrogens with one attached hydrogen (secondary N) is 1. The minimum absolute atomic E-state index is 0.113. The second-order valence-electron chi connectivity index (χ2n) is 2.95. The molecular formula is C8H9N5OS2. The summed E-state index contributed by atoms with van der Waals surface area (Å²) in [5, 5.41) is 9.11. The van der Waals surface area contributed by atoms with Crippen molar-refractivity contribution in [1.29, 1.82) is 0 Å². The van der Waals surface area contributed by atoms with Crippen LogP contribution in [0.1, 0.15) is 5.69 Å². The molecule has 8 heteroatoms. The van der Waals surface area contributed by atoms with Gasteiger partial charge in [0.2, 0.25) is 5.91 Å². The van der Waals surface area contributed by atoms with Gasteiger partial charge in [-0.25, -0.2) is 9.66 Å². The molecule has 0 unspecified atom stereocenters. The molecule has 0 aliphatic heterocycles. The summed E-state index contributed by atoms with van der Waals surface area (Å²) < 4.78 is 2.31. The summed E-state index contributed by atoms with van der Waals surface area (Å²) in [7, 11) is 0. The van der Waals surface area contributed by atoms with Gasteiger partial charge in [-0.05, 0) is 6.92 Å². The Morgan fingerprint density at radius 2 is 2.31 bits per heavy atom. The summed E-state index contributed by atoms with van der Waals surface area (Å²) in [6, 6.07) is 0. The fraction of sp³-hybridized carbons (Fsp3) is 0.250. The van der Waals surface area contributed by atoms with E-state index in [0.29, 0.717) is 5.75 Å². The molecule has 0 radical (unpaired) electrons. The Morgan fingerprint density at radius 1 is 1.56 bits per heavy atom. The van der Waals surface area contributed by atoms with Gasteiger partial charge in [-0.2, -0.15) is 0 Å². The van der Waals surface area contributed by atoms with Gasteiger partial charge in [-0.3, -0.25) is 10.2 Å². The van der Waals surface area contributed by atoms with Crippen molar-refractivity contribution < 1.29 is 4.79 Å². The Hall–Kier alpha value is -1.41. The van der Waals surface area contributed by atoms with Gasteiger partial charge < -0.3 is 0 Å². The number of aryl methyl sites for hydroxylation is 1. The molecule has 2 heterocycles. The number of nitrogens with zero attached hydrogens (tertiary/aromatic N) is 4. The molecule has 2 aromatic heterocycles. The number of carbonyl (C=O) groups is 1. The van der Waals surface area contributed by atoms with Crippen LogP contribution in [-0.2, 0) is 4.79 Å². The molecule has 16 heavy (non-hydrogen) atoms. The largest absolute Gasteiger partial charge is 0.272 e. The average Bonchev–Trinajstić information content (AvgIpc) is 2.87. The number of thiazole rings is 1. The lowest BCUT2D eigenvalue weighted by molar-refractivity contribution is -0.114. The fourth-order valence-electron chi connectivity index (χ4n) is 0.961. The highest BCUT2D eigenvalue weighted by Crippen LogP contribution is 2.21. The van der Waals surface area contributed by atoms with Gasteiger partial charge in [0.1, 0.15) is 12.7 Å². The second kappa shape index (κ2) is 5.08. The third-order valence-electron chi connectivity index (χ3n) is 1.60. The molecule has 0 saturated heterocycles. The summed E-state index contributed by atoms with van der Waals surface area (Å²) in [4.78, 5) is 15.7. The SMILES string of the molecule is Cc1csc(SCC(=O)Nn2cnnc2)n1. The Kier molecular flexibility index (Phi) is 3.52. The van der Waals surface area contributed by atoms with E-state index in [2.05, 4.69) is 20.6 Å². The standard InChI is InChI=1S/C8H9N5OS2/c1-6-2-15-8(11-6)16-3-7(14)12-13-4-9-10-5-13/h2,4-5H,3H2,1H3,(H,12,14). The van der Waals surface area contributed by atoms with E-state index in [-0.39, 0.29) is 5.91 Å². The smallest absolute Gasteiger partial charge is 0.249 e. The second-order valence-corrected chi connectivity index (χ2v) is 5.03. The van der Waals surface area contributed by atoms with Crippen LogP contribution in [0.2, 0.25) is 0 Å². The minimum Gasteiger partial charge on any atom is -0.272 e. The van der Waals surface area contributed by atoms with E-state index in [1.807, 2.05) is 12.3 Å². The first-order valence-electron chi connectivity index (χ1n) is 4.43. The molecule has 2 rings (SSSR count). The molecule has 0 saturated carbocycles. The van der Waals surface area contributed by atoms with E-state index < -0.39 is 0 Å². The van der Waals surface area contributed by atoms with Crippen molar-refractivity contribution in [2.24, 2.45) is 0 Å². The van der Waals surface area contributed by atoms with Gasteiger partial charge in [0.05, 0.1) is 5.75 Å². The molecule has 84 valence electrons. The van der Waals surface area contributed by atoms with Crippen LogP contribution in [-0.4, -0.2) is 31.5 Å². The predicted octanol–water partition coefficient (Wildman–Crippen LogP) is 0.905. The van der Waals surface area contributed by atoms with Crippen LogP contribution in [0.15, 0.2) is 22.4 Å². The van der Waals surface area contributed by atoms with Crippen molar-refractivity contribution in [2.45, 2.75) is 11.3 Å². The Balaban J connectivity index is 1.80. The summed E-state index contributed by atoms with van der Waals surface area (Å²) in [5.41, 5.74) is 3.59. The molecule has 0 atom stereocenters. The first-order chi connectivity index (χ1) is 7.74. The zero-order chi connectivity index (χ0) is 11.4. The van der Waals surface area contributed by atoms with Crippen LogP contribution in [0, 0.1) is 6.92 Å². The van der Waals surface area contributed by atoms with Crippen LogP contribution in [0.5, 0.6) is 0 Å². The molecule has 0 aromatic carbocycles. The summed E-state index contributed by atoms with van der Waals surface area (Å²) >= 11 is 2.95. The van der Waals surface area contributed by atoms with Crippen LogP contribution in [0.25, 0.3) is 0 Å². The van der Waals surface area contributed by atoms with Crippen molar-refractivity contribution in [3.8, 4) is 0 Å². The predicted molar refractivity (Wildman–Crippen MR) is 62.0 cm³/mol. The Labute approximate surface area is 100 Å². The van der Waals surface area contributed by atoms with Crippen molar-refractivity contribution in [2.75, 3.05) is 11.2 Å². The topological polar surface area (TPSA) is 72.7 Å². The number of hydrogen-bond donors (Lipinski definition) is 1. The Bertz CT molecular complexity index is 466. The van der Waals surface area contributed by atoms with Gasteiger partial charge in [0, 0.05) is 11.1 Å². The van der Waals surface area contributed by atoms with E-state index in [0.717, 1.165) is 10.0 Å². The van der Waals surface area contributed by atoms with E-state index >= 15 is 0 Å². The van der Waals surface area contributed by atoms with Gasteiger partial charge in [0.15, 0.2) is 4.34 Å². The summed E-state index contributed by atoms with van der Waals surface area (Å²) in [6.45, 7) is 1.93. The third-order valence-corrected chi connectivity index (χ3v) is 3.74. The summed E-state index contributed by atoms with van der Waals surface area (Å²) in [6.07, 6.45) is 2.85. The van der Waals surface area contributed by atoms with Crippen molar-refractivity contribution in [1.82, 2.24) is 19.9 Å². The van der Waals surface area contributed by atoms with Gasteiger partial charge >= 0.3 is 0 Å². The zero-order valence-corrected chi connectivity index (χ0v) is 10.1. The van der Waals surface area contributed by atoms with E-state index in [1.165, 1.54) is 40.4 Å². The first-order valence-corrected chi connectivity index (χ1v) is 6.30. The van der Waals surface area contributed by atoms with Crippen LogP contribution < -0.4 is 5.43 Å². The molecule has 2 aromatic rings. The van der Waals surface area contributed by atoms with Gasteiger partial charge in [0.25, 0.3) is 0 Å². The van der Waals surface area contributed by atoms with E-state index in [9.17, 15) is 4.79 Å². The normalized spacial score (nSPS) is 10.3. The fourth-order valence-corrected chi connectivity index (χ4v) is 2.60. The molecule has 6 nitrogen and oxygen atoms in total. The van der Waals surface area contributed by atoms with E-state index in [4.69, 9.17) is 0 Å². The molecule has 0 aliphatic rings. The third kappa shape index (κ3) is 3.04. The Morgan fingerprint density at radius 3 is 2.94 bits per heavy atom. The molecule has 0 bridgehead atoms. The lowest BCUT2D eigenvalue weighted by Gasteiger charge is -2.02. The highest BCUT2D eigenvalue weighted by atomic mass is 32.2. The number of carbonyl (C=O) groups excluding carboxylic acids is 1. The quantitative estimate of drug-likeness (QED) is 0.822. The molecule has 0 fully saturated rings. The lowest BCUT2D eigenvalue weighted by atomic mass is 10.6. The molecule has 1 N–H and O–H groups in total. The number of hydrogen-bond acceptors (Lipinski definition) is 6. The van der Waals surface area contributed by atoms with E-state index in [1.54, 1.807) is 0 Å². The first kappa shape index (κ1) is 11.1. The van der Waals surface area contributed by atoms with Crippen molar-refractivity contribution in [3.05, 3.63) is 23.7 Å². The highest BCUT2D eigenvalue weighted by Gasteiger charge is 2.05. The molecular weight excluding hydrogens is 246 g/mol. The highest BCUT2D eigenvalue weighted by molar-refractivity contribution is 8.01.